The number of piperidine rings is 1. The van der Waals surface area contributed by atoms with Gasteiger partial charge in [-0.15, -0.1) is 0 Å². The second-order valence-electron chi connectivity index (χ2n) is 5.69. The maximum absolute atomic E-state index is 6.07. The quantitative estimate of drug-likeness (QED) is 0.832. The predicted octanol–water partition coefficient (Wildman–Crippen LogP) is 2.36. The minimum absolute atomic E-state index is 0.797. The van der Waals surface area contributed by atoms with Gasteiger partial charge in [-0.3, -0.25) is 0 Å². The molecule has 0 saturated carbocycles. The number of likely N-dealkylation sites (tertiary alicyclic amines) is 1. The number of nitrogens with two attached hydrogens (primary N) is 1. The molecule has 18 heavy (non-hydrogen) atoms. The molecule has 3 heteroatoms. The minimum Gasteiger partial charge on any atom is -0.397 e. The van der Waals surface area contributed by atoms with Gasteiger partial charge in [-0.1, -0.05) is 6.07 Å². The van der Waals surface area contributed by atoms with E-state index in [1.54, 1.807) is 0 Å². The van der Waals surface area contributed by atoms with Crippen LogP contribution in [0.15, 0.2) is 18.2 Å². The smallest absolute Gasteiger partial charge is 0.0600 e. The number of nitrogens with zero attached hydrogens (tertiary/aromatic N) is 2. The van der Waals surface area contributed by atoms with Crippen LogP contribution in [-0.2, 0) is 0 Å². The maximum atomic E-state index is 6.07. The molecule has 1 heterocycles. The van der Waals surface area contributed by atoms with E-state index in [-0.39, 0.29) is 0 Å². The van der Waals surface area contributed by atoms with Crippen molar-refractivity contribution in [1.29, 1.82) is 0 Å². The van der Waals surface area contributed by atoms with E-state index in [0.29, 0.717) is 0 Å². The van der Waals surface area contributed by atoms with E-state index in [0.717, 1.165) is 18.2 Å². The Hall–Kier alpha value is -1.22. The molecule has 3 nitrogen and oxygen atoms in total. The van der Waals surface area contributed by atoms with Crippen LogP contribution in [0.1, 0.15) is 18.4 Å². The van der Waals surface area contributed by atoms with Crippen molar-refractivity contribution in [1.82, 2.24) is 4.90 Å². The van der Waals surface area contributed by atoms with Crippen LogP contribution in [0.4, 0.5) is 11.4 Å². The molecule has 0 amide bonds. The monoisotopic (exact) mass is 247 g/mol. The second-order valence-corrected chi connectivity index (χ2v) is 5.69. The van der Waals surface area contributed by atoms with Gasteiger partial charge in [0.25, 0.3) is 0 Å². The SMILES string of the molecule is Cc1ccc(N)c(N(C)CC2CCN(C)CC2)c1. The summed E-state index contributed by atoms with van der Waals surface area (Å²) in [6.45, 7) is 5.68. The molecule has 0 spiro atoms. The molecular weight excluding hydrogens is 222 g/mol. The Labute approximate surface area is 111 Å². The first kappa shape index (κ1) is 13.2. The molecule has 0 atom stereocenters. The lowest BCUT2D eigenvalue weighted by molar-refractivity contribution is 0.222. The van der Waals surface area contributed by atoms with Crippen molar-refractivity contribution in [3.8, 4) is 0 Å². The van der Waals surface area contributed by atoms with Gasteiger partial charge < -0.3 is 15.5 Å². The zero-order valence-electron chi connectivity index (χ0n) is 11.8. The summed E-state index contributed by atoms with van der Waals surface area (Å²) >= 11 is 0. The molecule has 1 aromatic carbocycles. The number of aryl methyl sites for hydroxylation is 1. The summed E-state index contributed by atoms with van der Waals surface area (Å²) in [6, 6.07) is 6.27. The lowest BCUT2D eigenvalue weighted by atomic mass is 9.96. The lowest BCUT2D eigenvalue weighted by Gasteiger charge is -2.33. The van der Waals surface area contributed by atoms with Gasteiger partial charge in [0.2, 0.25) is 0 Å². The second kappa shape index (κ2) is 5.61. The van der Waals surface area contributed by atoms with Gasteiger partial charge in [0.15, 0.2) is 0 Å². The molecule has 0 radical (unpaired) electrons. The molecule has 100 valence electrons. The number of nitrogen functional groups attached to an aromatic ring is 1. The van der Waals surface area contributed by atoms with Crippen molar-refractivity contribution < 1.29 is 0 Å². The Morgan fingerprint density at radius 2 is 2.00 bits per heavy atom. The van der Waals surface area contributed by atoms with Crippen LogP contribution in [-0.4, -0.2) is 38.6 Å². The average molecular weight is 247 g/mol. The van der Waals surface area contributed by atoms with Crippen LogP contribution in [0.25, 0.3) is 0 Å². The third-order valence-electron chi connectivity index (χ3n) is 3.97. The van der Waals surface area contributed by atoms with E-state index >= 15 is 0 Å². The van der Waals surface area contributed by atoms with Gasteiger partial charge in [0, 0.05) is 13.6 Å². The fourth-order valence-electron chi connectivity index (χ4n) is 2.71. The van der Waals surface area contributed by atoms with Gasteiger partial charge in [0.05, 0.1) is 11.4 Å². The van der Waals surface area contributed by atoms with Gasteiger partial charge >= 0.3 is 0 Å². The van der Waals surface area contributed by atoms with Gasteiger partial charge in [0.1, 0.15) is 0 Å². The standard InChI is InChI=1S/C15H25N3/c1-12-4-5-14(16)15(10-12)18(3)11-13-6-8-17(2)9-7-13/h4-5,10,13H,6-9,11,16H2,1-3H3. The van der Waals surface area contributed by atoms with Crippen LogP contribution < -0.4 is 10.6 Å². The number of benzene rings is 1. The van der Waals surface area contributed by atoms with Crippen LogP contribution in [0, 0.1) is 12.8 Å². The lowest BCUT2D eigenvalue weighted by Crippen LogP contribution is -2.35. The fraction of sp³-hybridized carbons (Fsp3) is 0.600. The van der Waals surface area contributed by atoms with Gasteiger partial charge in [-0.25, -0.2) is 0 Å². The van der Waals surface area contributed by atoms with Crippen molar-refractivity contribution in [2.45, 2.75) is 19.8 Å². The van der Waals surface area contributed by atoms with E-state index in [9.17, 15) is 0 Å². The fourth-order valence-corrected chi connectivity index (χ4v) is 2.71. The van der Waals surface area contributed by atoms with Gasteiger partial charge in [-0.2, -0.15) is 0 Å². The molecule has 0 unspecified atom stereocenters. The Bertz CT molecular complexity index is 395. The highest BCUT2D eigenvalue weighted by Crippen LogP contribution is 2.26. The van der Waals surface area contributed by atoms with E-state index in [2.05, 4.69) is 43.0 Å². The largest absolute Gasteiger partial charge is 0.397 e. The summed E-state index contributed by atoms with van der Waals surface area (Å²) < 4.78 is 0. The normalized spacial score (nSPS) is 17.9. The van der Waals surface area contributed by atoms with E-state index in [1.165, 1.54) is 37.2 Å². The Morgan fingerprint density at radius 3 is 2.67 bits per heavy atom. The molecule has 1 fully saturated rings. The summed E-state index contributed by atoms with van der Waals surface area (Å²) in [5.74, 6) is 0.797. The minimum atomic E-state index is 0.797. The van der Waals surface area contributed by atoms with Crippen molar-refractivity contribution >= 4 is 11.4 Å². The first-order valence-corrected chi connectivity index (χ1v) is 6.82. The first-order chi connectivity index (χ1) is 8.56. The third-order valence-corrected chi connectivity index (χ3v) is 3.97. The molecule has 1 aliphatic rings. The molecule has 1 saturated heterocycles. The Balaban J connectivity index is 1.98. The molecule has 0 aromatic heterocycles. The van der Waals surface area contributed by atoms with Crippen molar-refractivity contribution in [3.05, 3.63) is 23.8 Å². The van der Waals surface area contributed by atoms with Crippen molar-refractivity contribution in [2.75, 3.05) is 44.4 Å². The first-order valence-electron chi connectivity index (χ1n) is 6.82. The highest BCUT2D eigenvalue weighted by atomic mass is 15.1. The van der Waals surface area contributed by atoms with Crippen LogP contribution in [0.3, 0.4) is 0 Å². The van der Waals surface area contributed by atoms with Crippen molar-refractivity contribution in [2.24, 2.45) is 5.92 Å². The zero-order valence-corrected chi connectivity index (χ0v) is 11.8. The van der Waals surface area contributed by atoms with Crippen LogP contribution >= 0.6 is 0 Å². The highest BCUT2D eigenvalue weighted by Gasteiger charge is 2.18. The van der Waals surface area contributed by atoms with E-state index < -0.39 is 0 Å². The Kier molecular flexibility index (Phi) is 4.12. The number of hydrogen-bond acceptors (Lipinski definition) is 3. The summed E-state index contributed by atoms with van der Waals surface area (Å²) in [6.07, 6.45) is 2.60. The van der Waals surface area contributed by atoms with Gasteiger partial charge in [-0.05, 0) is 63.5 Å². The summed E-state index contributed by atoms with van der Waals surface area (Å²) in [4.78, 5) is 4.73. The van der Waals surface area contributed by atoms with Crippen LogP contribution in [0.5, 0.6) is 0 Å². The number of hydrogen-bond donors (Lipinski definition) is 1. The third kappa shape index (κ3) is 3.16. The number of anilines is 2. The zero-order chi connectivity index (χ0) is 13.1. The molecule has 0 aliphatic carbocycles. The molecule has 0 bridgehead atoms. The molecule has 1 aromatic rings. The Morgan fingerprint density at radius 1 is 1.33 bits per heavy atom. The summed E-state index contributed by atoms with van der Waals surface area (Å²) in [5, 5.41) is 0. The molecule has 1 aliphatic heterocycles. The maximum Gasteiger partial charge on any atom is 0.0600 e. The van der Waals surface area contributed by atoms with Crippen molar-refractivity contribution in [3.63, 3.8) is 0 Å². The van der Waals surface area contributed by atoms with E-state index in [4.69, 9.17) is 5.73 Å². The molecular formula is C15H25N3. The molecule has 2 rings (SSSR count). The van der Waals surface area contributed by atoms with Crippen LogP contribution in [0.2, 0.25) is 0 Å². The number of rotatable bonds is 3. The summed E-state index contributed by atoms with van der Waals surface area (Å²) in [5.41, 5.74) is 9.40. The summed E-state index contributed by atoms with van der Waals surface area (Å²) in [7, 11) is 4.36. The topological polar surface area (TPSA) is 32.5 Å². The molecule has 2 N–H and O–H groups in total. The highest BCUT2D eigenvalue weighted by molar-refractivity contribution is 5.68. The predicted molar refractivity (Wildman–Crippen MR) is 79.1 cm³/mol. The average Bonchev–Trinajstić information content (AvgIpc) is 2.35. The van der Waals surface area contributed by atoms with E-state index in [1.807, 2.05) is 6.07 Å².